The number of rotatable bonds is 0. The fourth-order valence-corrected chi connectivity index (χ4v) is 2.71. The van der Waals surface area contributed by atoms with Gasteiger partial charge in [-0.3, -0.25) is 0 Å². The zero-order valence-corrected chi connectivity index (χ0v) is 6.73. The first-order chi connectivity index (χ1) is 4.91. The lowest BCUT2D eigenvalue weighted by Crippen LogP contribution is -2.19. The quantitative estimate of drug-likeness (QED) is 0.449. The zero-order chi connectivity index (χ0) is 6.86. The molecule has 0 aromatic heterocycles. The van der Waals surface area contributed by atoms with Crippen LogP contribution in [0, 0.1) is 11.8 Å². The van der Waals surface area contributed by atoms with Crippen LogP contribution in [0.4, 0.5) is 0 Å². The van der Waals surface area contributed by atoms with E-state index in [1.54, 1.807) is 12.8 Å². The van der Waals surface area contributed by atoms with Crippen molar-refractivity contribution in [3.05, 3.63) is 6.42 Å². The predicted molar refractivity (Wildman–Crippen MR) is 43.7 cm³/mol. The standard InChI is InChI=1S/C10H17/c1-2-6-10(7-3-1)8-4-5-9-10/h1H,2-9H2/q+1. The van der Waals surface area contributed by atoms with Crippen LogP contribution in [0.15, 0.2) is 0 Å². The Balaban J connectivity index is 1.98. The highest BCUT2D eigenvalue weighted by molar-refractivity contribution is 4.91. The molecule has 0 N–H and O–H groups in total. The molecule has 0 nitrogen and oxygen atoms in total. The molecule has 0 heteroatoms. The lowest BCUT2D eigenvalue weighted by Gasteiger charge is -2.29. The smallest absolute Gasteiger partial charge is 0.0528 e. The van der Waals surface area contributed by atoms with Gasteiger partial charge >= 0.3 is 0 Å². The Hall–Kier alpha value is -0.130. The average Bonchev–Trinajstić information content (AvgIpc) is 2.39. The lowest BCUT2D eigenvalue weighted by atomic mass is 9.73. The molecule has 0 saturated heterocycles. The van der Waals surface area contributed by atoms with E-state index in [-0.39, 0.29) is 0 Å². The minimum absolute atomic E-state index is 0.842. The molecule has 0 heterocycles. The number of hydrogen-bond donors (Lipinski definition) is 0. The highest BCUT2D eigenvalue weighted by Gasteiger charge is 2.37. The van der Waals surface area contributed by atoms with Crippen LogP contribution < -0.4 is 0 Å². The topological polar surface area (TPSA) is 0 Å². The van der Waals surface area contributed by atoms with Crippen molar-refractivity contribution in [3.8, 4) is 0 Å². The van der Waals surface area contributed by atoms with Crippen LogP contribution in [-0.2, 0) is 0 Å². The first kappa shape index (κ1) is 6.57. The normalized spacial score (nSPS) is 30.4. The van der Waals surface area contributed by atoms with Crippen molar-refractivity contribution in [3.63, 3.8) is 0 Å². The van der Waals surface area contributed by atoms with E-state index in [2.05, 4.69) is 6.42 Å². The Bertz CT molecular complexity index is 101. The fraction of sp³-hybridized carbons (Fsp3) is 0.900. The first-order valence-electron chi connectivity index (χ1n) is 4.73. The fourth-order valence-electron chi connectivity index (χ4n) is 2.71. The maximum Gasteiger partial charge on any atom is 0.0880 e. The maximum atomic E-state index is 2.48. The summed E-state index contributed by atoms with van der Waals surface area (Å²) >= 11 is 0. The summed E-state index contributed by atoms with van der Waals surface area (Å²) in [6.45, 7) is 0. The molecule has 0 atom stereocenters. The molecule has 0 bridgehead atoms. The van der Waals surface area contributed by atoms with Gasteiger partial charge in [-0.05, 0) is 31.1 Å². The highest BCUT2D eigenvalue weighted by atomic mass is 14.4. The second kappa shape index (κ2) is 2.48. The van der Waals surface area contributed by atoms with Gasteiger partial charge in [-0.2, -0.15) is 0 Å². The first-order valence-corrected chi connectivity index (χ1v) is 4.73. The van der Waals surface area contributed by atoms with Gasteiger partial charge in [0.05, 0.1) is 19.3 Å². The summed E-state index contributed by atoms with van der Waals surface area (Å²) in [6, 6.07) is 0. The van der Waals surface area contributed by atoms with Crippen molar-refractivity contribution in [1.82, 2.24) is 0 Å². The second-order valence-electron chi connectivity index (χ2n) is 4.07. The molecular formula is C10H17+. The van der Waals surface area contributed by atoms with Crippen LogP contribution in [0.25, 0.3) is 0 Å². The van der Waals surface area contributed by atoms with Crippen LogP contribution in [0.2, 0.25) is 0 Å². The van der Waals surface area contributed by atoms with Crippen molar-refractivity contribution in [2.75, 3.05) is 0 Å². The summed E-state index contributed by atoms with van der Waals surface area (Å²) in [6.07, 6.45) is 14.4. The molecule has 2 aliphatic carbocycles. The largest absolute Gasteiger partial charge is 0.0880 e. The van der Waals surface area contributed by atoms with E-state index in [1.807, 2.05) is 0 Å². The molecule has 56 valence electrons. The Morgan fingerprint density at radius 2 is 1.40 bits per heavy atom. The van der Waals surface area contributed by atoms with Crippen molar-refractivity contribution < 1.29 is 0 Å². The van der Waals surface area contributed by atoms with Gasteiger partial charge in [0.25, 0.3) is 0 Å². The highest BCUT2D eigenvalue weighted by Crippen LogP contribution is 2.48. The molecule has 10 heavy (non-hydrogen) atoms. The van der Waals surface area contributed by atoms with Crippen molar-refractivity contribution in [1.29, 1.82) is 0 Å². The average molecular weight is 137 g/mol. The molecule has 0 radical (unpaired) electrons. The van der Waals surface area contributed by atoms with Crippen LogP contribution >= 0.6 is 0 Å². The van der Waals surface area contributed by atoms with Gasteiger partial charge in [0.1, 0.15) is 0 Å². The van der Waals surface area contributed by atoms with Crippen LogP contribution in [0.5, 0.6) is 0 Å². The minimum Gasteiger partial charge on any atom is -0.0528 e. The third-order valence-corrected chi connectivity index (χ3v) is 3.42. The Morgan fingerprint density at radius 1 is 0.800 bits per heavy atom. The molecule has 0 amide bonds. The summed E-state index contributed by atoms with van der Waals surface area (Å²) in [7, 11) is 0. The summed E-state index contributed by atoms with van der Waals surface area (Å²) in [4.78, 5) is 0. The Kier molecular flexibility index (Phi) is 1.63. The van der Waals surface area contributed by atoms with Crippen molar-refractivity contribution in [2.24, 2.45) is 5.41 Å². The monoisotopic (exact) mass is 137 g/mol. The molecule has 2 aliphatic rings. The van der Waals surface area contributed by atoms with E-state index in [1.165, 1.54) is 38.5 Å². The minimum atomic E-state index is 0.842. The molecule has 0 aromatic rings. The van der Waals surface area contributed by atoms with E-state index in [0.29, 0.717) is 0 Å². The summed E-state index contributed by atoms with van der Waals surface area (Å²) in [5.41, 5.74) is 0.842. The van der Waals surface area contributed by atoms with Gasteiger partial charge in [-0.1, -0.05) is 12.8 Å². The lowest BCUT2D eigenvalue weighted by molar-refractivity contribution is 0.222. The van der Waals surface area contributed by atoms with Gasteiger partial charge in [0, 0.05) is 0 Å². The number of hydrogen-bond acceptors (Lipinski definition) is 0. The van der Waals surface area contributed by atoms with Gasteiger partial charge < -0.3 is 0 Å². The van der Waals surface area contributed by atoms with E-state index in [9.17, 15) is 0 Å². The molecule has 0 aromatic carbocycles. The van der Waals surface area contributed by atoms with E-state index in [4.69, 9.17) is 0 Å². The summed E-state index contributed by atoms with van der Waals surface area (Å²) in [5, 5.41) is 0. The van der Waals surface area contributed by atoms with Crippen LogP contribution in [0.1, 0.15) is 51.4 Å². The Morgan fingerprint density at radius 3 is 2.00 bits per heavy atom. The molecule has 0 aliphatic heterocycles. The van der Waals surface area contributed by atoms with Crippen molar-refractivity contribution >= 4 is 0 Å². The summed E-state index contributed by atoms with van der Waals surface area (Å²) in [5.74, 6) is 0. The third kappa shape index (κ3) is 1.04. The Labute approximate surface area is 64.0 Å². The molecule has 2 saturated carbocycles. The molecule has 0 unspecified atom stereocenters. The van der Waals surface area contributed by atoms with E-state index < -0.39 is 0 Å². The maximum absolute atomic E-state index is 2.48. The molecular weight excluding hydrogens is 120 g/mol. The second-order valence-corrected chi connectivity index (χ2v) is 4.07. The van der Waals surface area contributed by atoms with Crippen molar-refractivity contribution in [2.45, 2.75) is 51.4 Å². The van der Waals surface area contributed by atoms with E-state index >= 15 is 0 Å². The zero-order valence-electron chi connectivity index (χ0n) is 6.73. The molecule has 2 rings (SSSR count). The SMILES string of the molecule is [CH+]1CCC2(CC1)CCCC2. The predicted octanol–water partition coefficient (Wildman–Crippen LogP) is 3.33. The summed E-state index contributed by atoms with van der Waals surface area (Å²) < 4.78 is 0. The third-order valence-electron chi connectivity index (χ3n) is 3.42. The molecule has 2 fully saturated rings. The van der Waals surface area contributed by atoms with Crippen LogP contribution in [-0.4, -0.2) is 0 Å². The van der Waals surface area contributed by atoms with Gasteiger partial charge in [-0.15, -0.1) is 0 Å². The molecule has 1 spiro atoms. The van der Waals surface area contributed by atoms with Gasteiger partial charge in [0.15, 0.2) is 0 Å². The van der Waals surface area contributed by atoms with Gasteiger partial charge in [-0.25, -0.2) is 0 Å². The van der Waals surface area contributed by atoms with Crippen LogP contribution in [0.3, 0.4) is 0 Å². The van der Waals surface area contributed by atoms with E-state index in [0.717, 1.165) is 5.41 Å². The van der Waals surface area contributed by atoms with Gasteiger partial charge in [0.2, 0.25) is 0 Å².